The van der Waals surface area contributed by atoms with Crippen LogP contribution in [0, 0.1) is 6.92 Å². The Hall–Kier alpha value is -4.20. The Labute approximate surface area is 242 Å². The molecule has 0 bridgehead atoms. The number of pyridine rings is 1. The van der Waals surface area contributed by atoms with Gasteiger partial charge in [0.15, 0.2) is 0 Å². The highest BCUT2D eigenvalue weighted by atomic mass is 16.5. The molecule has 216 valence electrons. The summed E-state index contributed by atoms with van der Waals surface area (Å²) in [6.45, 7) is 4.39. The molecule has 0 saturated heterocycles. The fourth-order valence-corrected chi connectivity index (χ4v) is 5.27. The Morgan fingerprint density at radius 3 is 2.37 bits per heavy atom. The van der Waals surface area contributed by atoms with Crippen molar-refractivity contribution in [2.75, 3.05) is 16.8 Å². The largest absolute Gasteiger partial charge is 0.494 e. The quantitative estimate of drug-likeness (QED) is 0.280. The van der Waals surface area contributed by atoms with Crippen LogP contribution in [0.3, 0.4) is 0 Å². The highest BCUT2D eigenvalue weighted by molar-refractivity contribution is 6.02. The number of amides is 3. The molecule has 4 rings (SSSR count). The predicted octanol–water partition coefficient (Wildman–Crippen LogP) is 6.12. The van der Waals surface area contributed by atoms with Gasteiger partial charge >= 0.3 is 0 Å². The molecule has 1 atom stereocenters. The van der Waals surface area contributed by atoms with Crippen molar-refractivity contribution in [3.8, 4) is 5.75 Å². The third-order valence-electron chi connectivity index (χ3n) is 7.34. The van der Waals surface area contributed by atoms with E-state index in [4.69, 9.17) is 4.74 Å². The van der Waals surface area contributed by atoms with E-state index in [1.807, 2.05) is 62.4 Å². The van der Waals surface area contributed by atoms with Crippen LogP contribution < -0.4 is 20.3 Å². The highest BCUT2D eigenvalue weighted by Crippen LogP contribution is 2.33. The average Bonchev–Trinajstić information content (AvgIpc) is 2.98. The van der Waals surface area contributed by atoms with Crippen LogP contribution in [-0.2, 0) is 14.4 Å². The summed E-state index contributed by atoms with van der Waals surface area (Å²) >= 11 is 0. The van der Waals surface area contributed by atoms with E-state index in [1.165, 1.54) is 6.42 Å². The maximum Gasteiger partial charge on any atom is 0.248 e. The molecule has 0 spiro atoms. The Morgan fingerprint density at radius 2 is 1.68 bits per heavy atom. The first-order valence-corrected chi connectivity index (χ1v) is 14.6. The lowest BCUT2D eigenvalue weighted by atomic mass is 9.94. The molecule has 8 heteroatoms. The van der Waals surface area contributed by atoms with Gasteiger partial charge in [0.1, 0.15) is 17.6 Å². The number of anilines is 2. The van der Waals surface area contributed by atoms with Gasteiger partial charge in [-0.25, -0.2) is 4.98 Å². The number of hydrogen-bond acceptors (Lipinski definition) is 5. The van der Waals surface area contributed by atoms with Gasteiger partial charge in [-0.1, -0.05) is 55.7 Å². The summed E-state index contributed by atoms with van der Waals surface area (Å²) in [5.41, 5.74) is 2.26. The number of carbonyl (C=O) groups excluding carboxylic acids is 3. The van der Waals surface area contributed by atoms with Crippen LogP contribution in [0.1, 0.15) is 75.5 Å². The highest BCUT2D eigenvalue weighted by Gasteiger charge is 2.34. The molecule has 3 aromatic rings. The van der Waals surface area contributed by atoms with Gasteiger partial charge in [0, 0.05) is 30.8 Å². The number of para-hydroxylation sites is 1. The van der Waals surface area contributed by atoms with Crippen LogP contribution in [-0.4, -0.2) is 35.4 Å². The van der Waals surface area contributed by atoms with Gasteiger partial charge in [0.2, 0.25) is 17.7 Å². The summed E-state index contributed by atoms with van der Waals surface area (Å²) in [6.07, 6.45) is 7.42. The second-order valence-electron chi connectivity index (χ2n) is 10.4. The van der Waals surface area contributed by atoms with E-state index in [0.29, 0.717) is 35.8 Å². The average molecular weight is 557 g/mol. The standard InChI is InChI=1S/C33H40N4O4/c1-3-41-27-21-19-25(20-22-27)32(33(40)35-26-13-5-4-6-14-26)37(28-15-8-7-12-24(28)2)31(39)18-11-17-30(38)36-29-16-9-10-23-34-29/h7-10,12,15-16,19-23,26,32H,3-6,11,13-14,17-18H2,1-2H3,(H,35,40)(H,34,36,38)/t32-/m0/s1. The maximum atomic E-state index is 14.0. The number of benzene rings is 2. The van der Waals surface area contributed by atoms with Gasteiger partial charge in [-0.2, -0.15) is 0 Å². The van der Waals surface area contributed by atoms with Crippen molar-refractivity contribution in [1.82, 2.24) is 10.3 Å². The lowest BCUT2D eigenvalue weighted by Crippen LogP contribution is -2.47. The van der Waals surface area contributed by atoms with Crippen molar-refractivity contribution in [3.05, 3.63) is 84.1 Å². The maximum absolute atomic E-state index is 14.0. The second kappa shape index (κ2) is 15.0. The Morgan fingerprint density at radius 1 is 0.951 bits per heavy atom. The summed E-state index contributed by atoms with van der Waals surface area (Å²) < 4.78 is 5.63. The van der Waals surface area contributed by atoms with E-state index in [0.717, 1.165) is 31.2 Å². The van der Waals surface area contributed by atoms with Gasteiger partial charge in [-0.3, -0.25) is 19.3 Å². The molecule has 1 aliphatic carbocycles. The van der Waals surface area contributed by atoms with E-state index < -0.39 is 6.04 Å². The van der Waals surface area contributed by atoms with Gasteiger partial charge in [0.25, 0.3) is 0 Å². The van der Waals surface area contributed by atoms with Crippen LogP contribution in [0.15, 0.2) is 72.9 Å². The zero-order chi connectivity index (χ0) is 29.0. The third kappa shape index (κ3) is 8.39. The molecule has 1 aliphatic rings. The van der Waals surface area contributed by atoms with E-state index in [2.05, 4.69) is 15.6 Å². The van der Waals surface area contributed by atoms with Crippen LogP contribution in [0.4, 0.5) is 11.5 Å². The number of aromatic nitrogens is 1. The van der Waals surface area contributed by atoms with E-state index in [-0.39, 0.29) is 36.6 Å². The molecule has 1 saturated carbocycles. The minimum Gasteiger partial charge on any atom is -0.494 e. The zero-order valence-corrected chi connectivity index (χ0v) is 24.0. The summed E-state index contributed by atoms with van der Waals surface area (Å²) in [6, 6.07) is 19.5. The minimum absolute atomic E-state index is 0.0885. The van der Waals surface area contributed by atoms with Crippen molar-refractivity contribution < 1.29 is 19.1 Å². The van der Waals surface area contributed by atoms with Gasteiger partial charge in [0.05, 0.1) is 6.61 Å². The predicted molar refractivity (Wildman–Crippen MR) is 161 cm³/mol. The lowest BCUT2D eigenvalue weighted by molar-refractivity contribution is -0.127. The van der Waals surface area contributed by atoms with Gasteiger partial charge in [-0.15, -0.1) is 0 Å². The number of hydrogen-bond donors (Lipinski definition) is 2. The first kappa shape index (κ1) is 29.8. The van der Waals surface area contributed by atoms with Gasteiger partial charge < -0.3 is 15.4 Å². The smallest absolute Gasteiger partial charge is 0.248 e. The number of ether oxygens (including phenoxy) is 1. The number of aryl methyl sites for hydroxylation is 1. The normalized spacial score (nSPS) is 14.1. The summed E-state index contributed by atoms with van der Waals surface area (Å²) in [5.74, 6) is 0.543. The summed E-state index contributed by atoms with van der Waals surface area (Å²) in [4.78, 5) is 46.3. The number of carbonyl (C=O) groups is 3. The van der Waals surface area contributed by atoms with Crippen molar-refractivity contribution >= 4 is 29.2 Å². The van der Waals surface area contributed by atoms with E-state index in [1.54, 1.807) is 29.3 Å². The number of rotatable bonds is 12. The summed E-state index contributed by atoms with van der Waals surface area (Å²) in [5, 5.41) is 6.01. The topological polar surface area (TPSA) is 101 Å². The van der Waals surface area contributed by atoms with E-state index >= 15 is 0 Å². The van der Waals surface area contributed by atoms with Crippen molar-refractivity contribution in [1.29, 1.82) is 0 Å². The molecule has 1 aromatic heterocycles. The van der Waals surface area contributed by atoms with Crippen molar-refractivity contribution in [2.24, 2.45) is 0 Å². The first-order chi connectivity index (χ1) is 20.0. The zero-order valence-electron chi connectivity index (χ0n) is 24.0. The molecular formula is C33H40N4O4. The monoisotopic (exact) mass is 556 g/mol. The fraction of sp³-hybridized carbons (Fsp3) is 0.394. The lowest BCUT2D eigenvalue weighted by Gasteiger charge is -2.34. The molecule has 0 unspecified atom stereocenters. The first-order valence-electron chi connectivity index (χ1n) is 14.6. The van der Waals surface area contributed by atoms with Crippen molar-refractivity contribution in [2.45, 2.75) is 77.3 Å². The molecular weight excluding hydrogens is 516 g/mol. The van der Waals surface area contributed by atoms with Gasteiger partial charge in [-0.05, 0) is 74.6 Å². The molecule has 1 fully saturated rings. The van der Waals surface area contributed by atoms with Crippen molar-refractivity contribution in [3.63, 3.8) is 0 Å². The van der Waals surface area contributed by atoms with Crippen LogP contribution in [0.5, 0.6) is 5.75 Å². The van der Waals surface area contributed by atoms with Crippen LogP contribution in [0.2, 0.25) is 0 Å². The second-order valence-corrected chi connectivity index (χ2v) is 10.4. The number of nitrogens with zero attached hydrogens (tertiary/aromatic N) is 2. The fourth-order valence-electron chi connectivity index (χ4n) is 5.27. The van der Waals surface area contributed by atoms with E-state index in [9.17, 15) is 14.4 Å². The van der Waals surface area contributed by atoms with Crippen LogP contribution >= 0.6 is 0 Å². The summed E-state index contributed by atoms with van der Waals surface area (Å²) in [7, 11) is 0. The number of nitrogens with one attached hydrogen (secondary N) is 2. The molecule has 2 N–H and O–H groups in total. The molecule has 1 heterocycles. The molecule has 2 aromatic carbocycles. The Bertz CT molecular complexity index is 1290. The Balaban J connectivity index is 1.59. The minimum atomic E-state index is -0.872. The van der Waals surface area contributed by atoms with Crippen LogP contribution in [0.25, 0.3) is 0 Å². The molecule has 8 nitrogen and oxygen atoms in total. The molecule has 0 radical (unpaired) electrons. The molecule has 41 heavy (non-hydrogen) atoms. The molecule has 3 amide bonds. The SMILES string of the molecule is CCOc1ccc([C@@H](C(=O)NC2CCCCC2)N(C(=O)CCCC(=O)Nc2ccccn2)c2ccccc2C)cc1. The molecule has 0 aliphatic heterocycles. The third-order valence-corrected chi connectivity index (χ3v) is 7.34. The Kier molecular flexibility index (Phi) is 10.9.